The summed E-state index contributed by atoms with van der Waals surface area (Å²) in [4.78, 5) is 17.2. The number of carbonyl (C=O) groups excluding carboxylic acids is 1. The Bertz CT molecular complexity index is 747. The summed E-state index contributed by atoms with van der Waals surface area (Å²) >= 11 is 1.55. The number of nitrogens with zero attached hydrogens (tertiary/aromatic N) is 1. The van der Waals surface area contributed by atoms with Crippen LogP contribution >= 0.6 is 11.3 Å². The number of hydrogen-bond donors (Lipinski definition) is 2. The second-order valence-electron chi connectivity index (χ2n) is 5.68. The van der Waals surface area contributed by atoms with E-state index in [-0.39, 0.29) is 18.0 Å². The van der Waals surface area contributed by atoms with Gasteiger partial charge in [0.05, 0.1) is 17.2 Å². The molecule has 3 rings (SSSR count). The molecule has 1 fully saturated rings. The van der Waals surface area contributed by atoms with E-state index in [2.05, 4.69) is 15.6 Å². The molecule has 2 atom stereocenters. The van der Waals surface area contributed by atoms with Crippen LogP contribution in [-0.2, 0) is 6.54 Å². The molecule has 0 aliphatic heterocycles. The summed E-state index contributed by atoms with van der Waals surface area (Å²) in [6, 6.07) is 3.16. The number of carbonyl (C=O) groups is 1. The summed E-state index contributed by atoms with van der Waals surface area (Å²) in [5.41, 5.74) is 1.37. The standard InChI is InChI=1S/C16H17F2N3OS/c1-8-15(23-9(2)20-8)7-19-16(22)21-14-6-12(14)11-4-3-10(17)5-13(11)18/h3-5,12,14H,6-7H2,1-2H3,(H2,19,21,22)/t12-,14-/m1/s1. The fourth-order valence-corrected chi connectivity index (χ4v) is 3.49. The zero-order valence-corrected chi connectivity index (χ0v) is 13.6. The summed E-state index contributed by atoms with van der Waals surface area (Å²) in [7, 11) is 0. The molecular formula is C16H17F2N3OS. The first-order valence-electron chi connectivity index (χ1n) is 7.36. The highest BCUT2D eigenvalue weighted by molar-refractivity contribution is 7.11. The van der Waals surface area contributed by atoms with Gasteiger partial charge in [-0.1, -0.05) is 6.07 Å². The van der Waals surface area contributed by atoms with Crippen molar-refractivity contribution in [3.8, 4) is 0 Å². The van der Waals surface area contributed by atoms with Crippen molar-refractivity contribution in [2.24, 2.45) is 0 Å². The number of halogens is 2. The molecule has 1 aromatic carbocycles. The van der Waals surface area contributed by atoms with Gasteiger partial charge in [0.25, 0.3) is 0 Å². The number of thiazole rings is 1. The third-order valence-corrected chi connectivity index (χ3v) is 4.95. The van der Waals surface area contributed by atoms with Gasteiger partial charge in [-0.2, -0.15) is 0 Å². The Morgan fingerprint density at radius 2 is 2.17 bits per heavy atom. The van der Waals surface area contributed by atoms with Crippen molar-refractivity contribution in [3.05, 3.63) is 51.0 Å². The van der Waals surface area contributed by atoms with Gasteiger partial charge in [-0.3, -0.25) is 0 Å². The van der Waals surface area contributed by atoms with E-state index in [1.54, 1.807) is 11.3 Å². The van der Waals surface area contributed by atoms with Crippen LogP contribution in [0.2, 0.25) is 0 Å². The second kappa shape index (κ2) is 6.23. The molecule has 1 aliphatic rings. The summed E-state index contributed by atoms with van der Waals surface area (Å²) < 4.78 is 26.6. The number of urea groups is 1. The lowest BCUT2D eigenvalue weighted by Gasteiger charge is -2.07. The largest absolute Gasteiger partial charge is 0.335 e. The van der Waals surface area contributed by atoms with Crippen molar-refractivity contribution < 1.29 is 13.6 Å². The third-order valence-electron chi connectivity index (χ3n) is 3.88. The van der Waals surface area contributed by atoms with Crippen LogP contribution in [0, 0.1) is 25.5 Å². The first-order valence-corrected chi connectivity index (χ1v) is 8.18. The number of rotatable bonds is 4. The molecule has 0 radical (unpaired) electrons. The fourth-order valence-electron chi connectivity index (χ4n) is 2.62. The molecule has 0 unspecified atom stereocenters. The highest BCUT2D eigenvalue weighted by atomic mass is 32.1. The van der Waals surface area contributed by atoms with E-state index in [4.69, 9.17) is 0 Å². The first kappa shape index (κ1) is 15.9. The summed E-state index contributed by atoms with van der Waals surface area (Å²) in [6.07, 6.45) is 0.661. The van der Waals surface area contributed by atoms with E-state index in [9.17, 15) is 13.6 Å². The molecule has 2 amide bonds. The number of amides is 2. The predicted octanol–water partition coefficient (Wildman–Crippen LogP) is 3.39. The summed E-state index contributed by atoms with van der Waals surface area (Å²) in [5, 5.41) is 6.57. The van der Waals surface area contributed by atoms with Crippen molar-refractivity contribution >= 4 is 17.4 Å². The van der Waals surface area contributed by atoms with Crippen LogP contribution in [0.25, 0.3) is 0 Å². The Kier molecular flexibility index (Phi) is 4.30. The minimum Gasteiger partial charge on any atom is -0.335 e. The molecule has 2 N–H and O–H groups in total. The number of aromatic nitrogens is 1. The molecule has 23 heavy (non-hydrogen) atoms. The van der Waals surface area contributed by atoms with Gasteiger partial charge in [-0.15, -0.1) is 11.3 Å². The molecule has 122 valence electrons. The Balaban J connectivity index is 1.51. The van der Waals surface area contributed by atoms with E-state index in [0.717, 1.165) is 21.6 Å². The maximum Gasteiger partial charge on any atom is 0.315 e. The maximum absolute atomic E-state index is 13.7. The second-order valence-corrected chi connectivity index (χ2v) is 6.97. The molecule has 4 nitrogen and oxygen atoms in total. The van der Waals surface area contributed by atoms with E-state index < -0.39 is 11.6 Å². The van der Waals surface area contributed by atoms with Crippen LogP contribution in [-0.4, -0.2) is 17.1 Å². The Labute approximate surface area is 136 Å². The van der Waals surface area contributed by atoms with Crippen molar-refractivity contribution in [2.75, 3.05) is 0 Å². The topological polar surface area (TPSA) is 54.0 Å². The zero-order valence-electron chi connectivity index (χ0n) is 12.8. The van der Waals surface area contributed by atoms with Gasteiger partial charge in [0, 0.05) is 22.9 Å². The SMILES string of the molecule is Cc1nc(C)c(CNC(=O)N[C@@H]2C[C@@H]2c2ccc(F)cc2F)s1. The molecule has 1 saturated carbocycles. The molecule has 0 spiro atoms. The van der Waals surface area contributed by atoms with E-state index in [1.165, 1.54) is 12.1 Å². The van der Waals surface area contributed by atoms with Crippen LogP contribution < -0.4 is 10.6 Å². The fraction of sp³-hybridized carbons (Fsp3) is 0.375. The molecule has 0 bridgehead atoms. The number of nitrogens with one attached hydrogen (secondary N) is 2. The van der Waals surface area contributed by atoms with E-state index in [0.29, 0.717) is 18.5 Å². The van der Waals surface area contributed by atoms with Crippen LogP contribution in [0.1, 0.15) is 33.5 Å². The summed E-state index contributed by atoms with van der Waals surface area (Å²) in [6.45, 7) is 4.26. The van der Waals surface area contributed by atoms with Crippen molar-refractivity contribution in [2.45, 2.75) is 38.8 Å². The van der Waals surface area contributed by atoms with Gasteiger partial charge < -0.3 is 10.6 Å². The average molecular weight is 337 g/mol. The molecule has 1 aliphatic carbocycles. The first-order chi connectivity index (χ1) is 10.9. The van der Waals surface area contributed by atoms with E-state index in [1.807, 2.05) is 13.8 Å². The highest BCUT2D eigenvalue weighted by Gasteiger charge is 2.41. The number of aryl methyl sites for hydroxylation is 2. The highest BCUT2D eigenvalue weighted by Crippen LogP contribution is 2.41. The van der Waals surface area contributed by atoms with Crippen LogP contribution in [0.4, 0.5) is 13.6 Å². The molecular weight excluding hydrogens is 320 g/mol. The molecule has 2 aromatic rings. The molecule has 1 heterocycles. The quantitative estimate of drug-likeness (QED) is 0.898. The van der Waals surface area contributed by atoms with Crippen LogP contribution in [0.15, 0.2) is 18.2 Å². The number of benzene rings is 1. The van der Waals surface area contributed by atoms with Crippen molar-refractivity contribution in [3.63, 3.8) is 0 Å². The lowest BCUT2D eigenvalue weighted by molar-refractivity contribution is 0.240. The number of hydrogen-bond acceptors (Lipinski definition) is 3. The molecule has 0 saturated heterocycles. The Morgan fingerprint density at radius 1 is 1.39 bits per heavy atom. The van der Waals surface area contributed by atoms with Gasteiger partial charge >= 0.3 is 6.03 Å². The smallest absolute Gasteiger partial charge is 0.315 e. The normalized spacial score (nSPS) is 19.5. The van der Waals surface area contributed by atoms with Crippen molar-refractivity contribution in [1.82, 2.24) is 15.6 Å². The van der Waals surface area contributed by atoms with Gasteiger partial charge in [0.1, 0.15) is 11.6 Å². The minimum absolute atomic E-state index is 0.0891. The predicted molar refractivity (Wildman–Crippen MR) is 84.5 cm³/mol. The Hall–Kier alpha value is -2.02. The summed E-state index contributed by atoms with van der Waals surface area (Å²) in [5.74, 6) is -1.24. The maximum atomic E-state index is 13.7. The lowest BCUT2D eigenvalue weighted by Crippen LogP contribution is -2.36. The minimum atomic E-state index is -0.593. The Morgan fingerprint density at radius 3 is 2.83 bits per heavy atom. The van der Waals surface area contributed by atoms with Crippen molar-refractivity contribution in [1.29, 1.82) is 0 Å². The average Bonchev–Trinajstić information content (AvgIpc) is 3.13. The molecule has 1 aromatic heterocycles. The van der Waals surface area contributed by atoms with Crippen LogP contribution in [0.3, 0.4) is 0 Å². The lowest BCUT2D eigenvalue weighted by atomic mass is 10.1. The van der Waals surface area contributed by atoms with Crippen LogP contribution in [0.5, 0.6) is 0 Å². The van der Waals surface area contributed by atoms with Gasteiger partial charge in [-0.05, 0) is 31.9 Å². The molecule has 7 heteroatoms. The van der Waals surface area contributed by atoms with E-state index >= 15 is 0 Å². The zero-order chi connectivity index (χ0) is 16.6. The van der Waals surface area contributed by atoms with Gasteiger partial charge in [0.2, 0.25) is 0 Å². The van der Waals surface area contributed by atoms with Gasteiger partial charge in [0.15, 0.2) is 0 Å². The monoisotopic (exact) mass is 337 g/mol. The van der Waals surface area contributed by atoms with Gasteiger partial charge in [-0.25, -0.2) is 18.6 Å². The third kappa shape index (κ3) is 3.67.